The number of rotatable bonds is 2. The van der Waals surface area contributed by atoms with Crippen LogP contribution in [0.2, 0.25) is 0 Å². The molecular formula is C20H15NS. The summed E-state index contributed by atoms with van der Waals surface area (Å²) in [6, 6.07) is 21.5. The van der Waals surface area contributed by atoms with E-state index in [0.29, 0.717) is 0 Å². The van der Waals surface area contributed by atoms with Crippen molar-refractivity contribution in [3.63, 3.8) is 0 Å². The maximum atomic E-state index is 4.37. The van der Waals surface area contributed by atoms with Gasteiger partial charge in [-0.2, -0.15) is 0 Å². The van der Waals surface area contributed by atoms with E-state index in [1.165, 1.54) is 26.8 Å². The van der Waals surface area contributed by atoms with E-state index in [1.54, 1.807) is 11.3 Å². The Balaban J connectivity index is 1.74. The Labute approximate surface area is 133 Å². The Morgan fingerprint density at radius 1 is 0.773 bits per heavy atom. The molecule has 1 nitrogen and oxygen atoms in total. The number of aromatic nitrogens is 1. The van der Waals surface area contributed by atoms with Gasteiger partial charge in [-0.1, -0.05) is 48.5 Å². The van der Waals surface area contributed by atoms with Crippen molar-refractivity contribution in [2.24, 2.45) is 0 Å². The first-order valence-corrected chi connectivity index (χ1v) is 8.19. The lowest BCUT2D eigenvalue weighted by molar-refractivity contribution is 1.20. The first kappa shape index (κ1) is 13.2. The second kappa shape index (κ2) is 5.39. The van der Waals surface area contributed by atoms with E-state index in [1.807, 2.05) is 13.1 Å². The molecule has 4 rings (SSSR count). The first-order valence-electron chi connectivity index (χ1n) is 7.31. The van der Waals surface area contributed by atoms with E-state index < -0.39 is 0 Å². The minimum Gasteiger partial charge on any atom is -0.261 e. The molecule has 0 fully saturated rings. The third kappa shape index (κ3) is 2.32. The van der Waals surface area contributed by atoms with Crippen LogP contribution in [-0.4, -0.2) is 4.98 Å². The van der Waals surface area contributed by atoms with Crippen LogP contribution in [0.5, 0.6) is 0 Å². The van der Waals surface area contributed by atoms with Gasteiger partial charge < -0.3 is 0 Å². The SMILES string of the molecule is Cc1ccc(-c2ccc(-c3csc4ccccc34)cc2)cn1. The summed E-state index contributed by atoms with van der Waals surface area (Å²) in [4.78, 5) is 4.37. The van der Waals surface area contributed by atoms with Gasteiger partial charge in [-0.05, 0) is 35.6 Å². The number of nitrogens with zero attached hydrogens (tertiary/aromatic N) is 1. The van der Waals surface area contributed by atoms with E-state index in [4.69, 9.17) is 0 Å². The van der Waals surface area contributed by atoms with Crippen molar-refractivity contribution in [2.45, 2.75) is 6.92 Å². The van der Waals surface area contributed by atoms with Gasteiger partial charge in [0, 0.05) is 33.1 Å². The summed E-state index contributed by atoms with van der Waals surface area (Å²) >= 11 is 1.80. The molecular weight excluding hydrogens is 286 g/mol. The van der Waals surface area contributed by atoms with Crippen molar-refractivity contribution < 1.29 is 0 Å². The van der Waals surface area contributed by atoms with Crippen LogP contribution in [0.3, 0.4) is 0 Å². The van der Waals surface area contributed by atoms with Crippen molar-refractivity contribution in [3.05, 3.63) is 77.9 Å². The van der Waals surface area contributed by atoms with E-state index >= 15 is 0 Å². The van der Waals surface area contributed by atoms with Crippen LogP contribution in [0.15, 0.2) is 72.2 Å². The second-order valence-electron chi connectivity index (χ2n) is 5.41. The third-order valence-electron chi connectivity index (χ3n) is 3.92. The van der Waals surface area contributed by atoms with Gasteiger partial charge in [0.1, 0.15) is 0 Å². The minimum atomic E-state index is 1.05. The number of hydrogen-bond acceptors (Lipinski definition) is 2. The van der Waals surface area contributed by atoms with Gasteiger partial charge in [0.05, 0.1) is 0 Å². The van der Waals surface area contributed by atoms with Gasteiger partial charge in [-0.3, -0.25) is 4.98 Å². The Bertz CT molecular complexity index is 918. The van der Waals surface area contributed by atoms with Gasteiger partial charge in [-0.15, -0.1) is 11.3 Å². The molecule has 0 N–H and O–H groups in total. The topological polar surface area (TPSA) is 12.9 Å². The maximum absolute atomic E-state index is 4.37. The monoisotopic (exact) mass is 301 g/mol. The summed E-state index contributed by atoms with van der Waals surface area (Å²) in [5.74, 6) is 0. The highest BCUT2D eigenvalue weighted by Gasteiger charge is 2.06. The van der Waals surface area contributed by atoms with Crippen LogP contribution in [-0.2, 0) is 0 Å². The zero-order chi connectivity index (χ0) is 14.9. The first-order chi connectivity index (χ1) is 10.8. The number of benzene rings is 2. The zero-order valence-corrected chi connectivity index (χ0v) is 13.1. The highest BCUT2D eigenvalue weighted by atomic mass is 32.1. The Kier molecular flexibility index (Phi) is 3.24. The van der Waals surface area contributed by atoms with Crippen LogP contribution in [0, 0.1) is 6.92 Å². The number of pyridine rings is 1. The lowest BCUT2D eigenvalue weighted by Gasteiger charge is -2.04. The fraction of sp³-hybridized carbons (Fsp3) is 0.0500. The van der Waals surface area contributed by atoms with Gasteiger partial charge >= 0.3 is 0 Å². The Morgan fingerprint density at radius 2 is 1.50 bits per heavy atom. The number of hydrogen-bond donors (Lipinski definition) is 0. The quantitative estimate of drug-likeness (QED) is 0.446. The molecule has 2 heteroatoms. The summed E-state index contributed by atoms with van der Waals surface area (Å²) in [5, 5.41) is 3.57. The summed E-state index contributed by atoms with van der Waals surface area (Å²) in [6.07, 6.45) is 1.93. The predicted molar refractivity (Wildman–Crippen MR) is 95.2 cm³/mol. The standard InChI is InChI=1S/C20H15NS/c1-14-6-7-17(12-21-14)15-8-10-16(11-9-15)19-13-22-20-5-3-2-4-18(19)20/h2-13H,1H3. The average molecular weight is 301 g/mol. The molecule has 0 saturated heterocycles. The highest BCUT2D eigenvalue weighted by molar-refractivity contribution is 7.17. The Morgan fingerprint density at radius 3 is 2.27 bits per heavy atom. The Hall–Kier alpha value is -2.45. The van der Waals surface area contributed by atoms with Gasteiger partial charge in [0.15, 0.2) is 0 Å². The summed E-state index contributed by atoms with van der Waals surface area (Å²) in [5.41, 5.74) is 5.99. The van der Waals surface area contributed by atoms with E-state index in [0.717, 1.165) is 11.3 Å². The molecule has 0 unspecified atom stereocenters. The average Bonchev–Trinajstić information content (AvgIpc) is 3.00. The summed E-state index contributed by atoms with van der Waals surface area (Å²) in [6.45, 7) is 2.01. The van der Waals surface area contributed by atoms with Crippen molar-refractivity contribution in [3.8, 4) is 22.3 Å². The van der Waals surface area contributed by atoms with Crippen LogP contribution >= 0.6 is 11.3 Å². The fourth-order valence-electron chi connectivity index (χ4n) is 2.68. The molecule has 2 heterocycles. The highest BCUT2D eigenvalue weighted by Crippen LogP contribution is 2.34. The van der Waals surface area contributed by atoms with Crippen LogP contribution in [0.1, 0.15) is 5.69 Å². The predicted octanol–water partition coefficient (Wildman–Crippen LogP) is 5.94. The van der Waals surface area contributed by atoms with Crippen molar-refractivity contribution in [2.75, 3.05) is 0 Å². The molecule has 2 aromatic heterocycles. The van der Waals surface area contributed by atoms with E-state index in [-0.39, 0.29) is 0 Å². The number of fused-ring (bicyclic) bond motifs is 1. The second-order valence-corrected chi connectivity index (χ2v) is 6.32. The molecule has 0 bridgehead atoms. The van der Waals surface area contributed by atoms with Gasteiger partial charge in [0.2, 0.25) is 0 Å². The molecule has 0 aliphatic carbocycles. The number of aryl methyl sites for hydroxylation is 1. The molecule has 0 radical (unpaired) electrons. The van der Waals surface area contributed by atoms with Crippen molar-refractivity contribution >= 4 is 21.4 Å². The van der Waals surface area contributed by atoms with Crippen LogP contribution in [0.4, 0.5) is 0 Å². The molecule has 0 aliphatic rings. The molecule has 0 spiro atoms. The molecule has 0 atom stereocenters. The molecule has 22 heavy (non-hydrogen) atoms. The molecule has 106 valence electrons. The fourth-order valence-corrected chi connectivity index (χ4v) is 3.65. The van der Waals surface area contributed by atoms with Crippen molar-refractivity contribution in [1.82, 2.24) is 4.98 Å². The molecule has 0 saturated carbocycles. The summed E-state index contributed by atoms with van der Waals surface area (Å²) in [7, 11) is 0. The van der Waals surface area contributed by atoms with Gasteiger partial charge in [-0.25, -0.2) is 0 Å². The smallest absolute Gasteiger partial charge is 0.0373 e. The maximum Gasteiger partial charge on any atom is 0.0373 e. The van der Waals surface area contributed by atoms with Crippen molar-refractivity contribution in [1.29, 1.82) is 0 Å². The van der Waals surface area contributed by atoms with E-state index in [9.17, 15) is 0 Å². The normalized spacial score (nSPS) is 11.0. The lowest BCUT2D eigenvalue weighted by Crippen LogP contribution is -1.83. The largest absolute Gasteiger partial charge is 0.261 e. The molecule has 0 amide bonds. The van der Waals surface area contributed by atoms with E-state index in [2.05, 4.69) is 71.0 Å². The van der Waals surface area contributed by atoms with Gasteiger partial charge in [0.25, 0.3) is 0 Å². The number of thiophene rings is 1. The zero-order valence-electron chi connectivity index (χ0n) is 12.3. The lowest BCUT2D eigenvalue weighted by atomic mass is 10.0. The minimum absolute atomic E-state index is 1.05. The molecule has 4 aromatic rings. The molecule has 2 aromatic carbocycles. The third-order valence-corrected chi connectivity index (χ3v) is 4.89. The van der Waals surface area contributed by atoms with Crippen LogP contribution in [0.25, 0.3) is 32.3 Å². The van der Waals surface area contributed by atoms with Crippen LogP contribution < -0.4 is 0 Å². The molecule has 0 aliphatic heterocycles. The summed E-state index contributed by atoms with van der Waals surface area (Å²) < 4.78 is 1.34.